The Kier molecular flexibility index (Phi) is 4.41. The Labute approximate surface area is 123 Å². The van der Waals surface area contributed by atoms with Crippen LogP contribution < -0.4 is 21.3 Å². The molecule has 0 aliphatic heterocycles. The molecule has 19 heavy (non-hydrogen) atoms. The van der Waals surface area contributed by atoms with E-state index in [4.69, 9.17) is 22.2 Å². The number of nitrogens with one attached hydrogen (secondary N) is 2. The van der Waals surface area contributed by atoms with E-state index in [1.807, 2.05) is 6.07 Å². The third kappa shape index (κ3) is 3.06. The Morgan fingerprint density at radius 3 is 2.74 bits per heavy atom. The van der Waals surface area contributed by atoms with Crippen LogP contribution in [0.2, 0.25) is 5.02 Å². The zero-order valence-corrected chi connectivity index (χ0v) is 12.3. The topological polar surface area (TPSA) is 85.1 Å². The lowest BCUT2D eigenvalue weighted by atomic mass is 10.3. The molecule has 1 heterocycles. The van der Waals surface area contributed by atoms with Crippen LogP contribution in [0.5, 0.6) is 5.75 Å². The van der Waals surface area contributed by atoms with Crippen molar-refractivity contribution in [3.63, 3.8) is 0 Å². The lowest BCUT2D eigenvalue weighted by Gasteiger charge is -2.13. The van der Waals surface area contributed by atoms with Crippen molar-refractivity contribution in [1.82, 2.24) is 9.97 Å². The number of hydrazine groups is 1. The second-order valence-electron chi connectivity index (χ2n) is 3.50. The number of rotatable bonds is 4. The number of halogens is 2. The summed E-state index contributed by atoms with van der Waals surface area (Å²) in [6.07, 6.45) is 1.37. The summed E-state index contributed by atoms with van der Waals surface area (Å²) >= 11 is 9.38. The quantitative estimate of drug-likeness (QED) is 0.584. The summed E-state index contributed by atoms with van der Waals surface area (Å²) in [6, 6.07) is 5.38. The van der Waals surface area contributed by atoms with E-state index in [0.717, 1.165) is 10.2 Å². The van der Waals surface area contributed by atoms with E-state index in [9.17, 15) is 0 Å². The molecule has 0 bridgehead atoms. The summed E-state index contributed by atoms with van der Waals surface area (Å²) in [4.78, 5) is 8.08. The number of hydrogen-bond acceptors (Lipinski definition) is 6. The van der Waals surface area contributed by atoms with Crippen molar-refractivity contribution < 1.29 is 4.74 Å². The van der Waals surface area contributed by atoms with Gasteiger partial charge < -0.3 is 15.5 Å². The van der Waals surface area contributed by atoms with Gasteiger partial charge >= 0.3 is 0 Å². The van der Waals surface area contributed by atoms with Crippen LogP contribution in [0, 0.1) is 0 Å². The number of nitrogens with two attached hydrogens (primary N) is 1. The standard InChI is InChI=1S/C11H11BrClN5O/c1-19-9-10(15-5-16-11(9)18-14)17-8-4-6(13)2-3-7(8)12/h2-5H,14H2,1H3,(H2,15,16,17,18). The normalized spacial score (nSPS) is 10.1. The van der Waals surface area contributed by atoms with Gasteiger partial charge in [-0.25, -0.2) is 15.8 Å². The van der Waals surface area contributed by atoms with Crippen LogP contribution in [0.25, 0.3) is 0 Å². The zero-order valence-electron chi connectivity index (χ0n) is 9.95. The Morgan fingerprint density at radius 2 is 2.05 bits per heavy atom. The number of benzene rings is 1. The Morgan fingerprint density at radius 1 is 1.32 bits per heavy atom. The third-order valence-corrected chi connectivity index (χ3v) is 3.25. The molecule has 0 atom stereocenters. The number of anilines is 3. The van der Waals surface area contributed by atoms with E-state index < -0.39 is 0 Å². The molecule has 2 rings (SSSR count). The van der Waals surface area contributed by atoms with Gasteiger partial charge in [-0.15, -0.1) is 0 Å². The zero-order chi connectivity index (χ0) is 13.8. The van der Waals surface area contributed by atoms with Crippen LogP contribution in [0.4, 0.5) is 17.3 Å². The van der Waals surface area contributed by atoms with Crippen LogP contribution >= 0.6 is 27.5 Å². The molecule has 1 aromatic carbocycles. The van der Waals surface area contributed by atoms with Gasteiger partial charge in [-0.2, -0.15) is 0 Å². The van der Waals surface area contributed by atoms with E-state index in [2.05, 4.69) is 36.6 Å². The second kappa shape index (κ2) is 6.05. The summed E-state index contributed by atoms with van der Waals surface area (Å²) in [6.45, 7) is 0. The van der Waals surface area contributed by atoms with Gasteiger partial charge in [0.2, 0.25) is 5.75 Å². The van der Waals surface area contributed by atoms with E-state index in [1.165, 1.54) is 13.4 Å². The highest BCUT2D eigenvalue weighted by Crippen LogP contribution is 2.34. The molecule has 6 nitrogen and oxygen atoms in total. The first-order valence-corrected chi connectivity index (χ1v) is 6.40. The van der Waals surface area contributed by atoms with Crippen molar-refractivity contribution in [2.75, 3.05) is 17.9 Å². The van der Waals surface area contributed by atoms with E-state index >= 15 is 0 Å². The van der Waals surface area contributed by atoms with Crippen molar-refractivity contribution in [2.24, 2.45) is 5.84 Å². The maximum absolute atomic E-state index is 5.96. The van der Waals surface area contributed by atoms with Gasteiger partial charge in [-0.3, -0.25) is 0 Å². The molecule has 4 N–H and O–H groups in total. The minimum atomic E-state index is 0.387. The molecule has 0 amide bonds. The molecule has 0 saturated carbocycles. The molecule has 8 heteroatoms. The fourth-order valence-electron chi connectivity index (χ4n) is 1.48. The highest BCUT2D eigenvalue weighted by atomic mass is 79.9. The average Bonchev–Trinajstić information content (AvgIpc) is 2.42. The summed E-state index contributed by atoms with van der Waals surface area (Å²) in [5.41, 5.74) is 3.20. The van der Waals surface area contributed by atoms with Crippen molar-refractivity contribution >= 4 is 44.9 Å². The smallest absolute Gasteiger partial charge is 0.205 e. The Bertz CT molecular complexity index is 595. The van der Waals surface area contributed by atoms with E-state index in [0.29, 0.717) is 22.4 Å². The molecule has 0 spiro atoms. The fourth-order valence-corrected chi connectivity index (χ4v) is 2.00. The molecule has 2 aromatic rings. The van der Waals surface area contributed by atoms with Crippen molar-refractivity contribution in [2.45, 2.75) is 0 Å². The molecule has 0 aliphatic carbocycles. The predicted octanol–water partition coefficient (Wildman–Crippen LogP) is 2.93. The number of nitrogen functional groups attached to an aromatic ring is 1. The van der Waals surface area contributed by atoms with Gasteiger partial charge in [0.1, 0.15) is 6.33 Å². The molecule has 0 saturated heterocycles. The van der Waals surface area contributed by atoms with Crippen LogP contribution in [-0.4, -0.2) is 17.1 Å². The predicted molar refractivity (Wildman–Crippen MR) is 78.8 cm³/mol. The molecule has 0 radical (unpaired) electrons. The molecule has 100 valence electrons. The van der Waals surface area contributed by atoms with Crippen molar-refractivity contribution in [3.8, 4) is 5.75 Å². The number of methoxy groups -OCH3 is 1. The maximum atomic E-state index is 5.96. The first-order valence-electron chi connectivity index (χ1n) is 5.23. The van der Waals surface area contributed by atoms with Gasteiger partial charge in [-0.05, 0) is 34.1 Å². The van der Waals surface area contributed by atoms with Gasteiger partial charge in [0, 0.05) is 9.50 Å². The first kappa shape index (κ1) is 13.9. The largest absolute Gasteiger partial charge is 0.490 e. The van der Waals surface area contributed by atoms with Crippen LogP contribution in [0.15, 0.2) is 29.0 Å². The van der Waals surface area contributed by atoms with Gasteiger partial charge in [0.25, 0.3) is 0 Å². The summed E-state index contributed by atoms with van der Waals surface area (Å²) < 4.78 is 6.08. The lowest BCUT2D eigenvalue weighted by Crippen LogP contribution is -2.11. The summed E-state index contributed by atoms with van der Waals surface area (Å²) in [5, 5.41) is 3.71. The first-order chi connectivity index (χ1) is 9.15. The molecular weight excluding hydrogens is 334 g/mol. The fraction of sp³-hybridized carbons (Fsp3) is 0.0909. The van der Waals surface area contributed by atoms with Crippen molar-refractivity contribution in [1.29, 1.82) is 0 Å². The van der Waals surface area contributed by atoms with Crippen LogP contribution in [-0.2, 0) is 0 Å². The second-order valence-corrected chi connectivity index (χ2v) is 4.79. The Balaban J connectivity index is 2.40. The van der Waals surface area contributed by atoms with Crippen LogP contribution in [0.3, 0.4) is 0 Å². The molecule has 0 aliphatic rings. The van der Waals surface area contributed by atoms with Gasteiger partial charge in [0.15, 0.2) is 11.6 Å². The summed E-state index contributed by atoms with van der Waals surface area (Å²) in [7, 11) is 1.51. The highest BCUT2D eigenvalue weighted by Gasteiger charge is 2.12. The average molecular weight is 345 g/mol. The number of nitrogens with zero attached hydrogens (tertiary/aromatic N) is 2. The summed E-state index contributed by atoms with van der Waals surface area (Å²) in [5.74, 6) is 6.65. The van der Waals surface area contributed by atoms with E-state index in [1.54, 1.807) is 12.1 Å². The molecule has 0 fully saturated rings. The number of ether oxygens (including phenoxy) is 1. The minimum absolute atomic E-state index is 0.387. The lowest BCUT2D eigenvalue weighted by molar-refractivity contribution is 0.415. The van der Waals surface area contributed by atoms with Crippen LogP contribution in [0.1, 0.15) is 0 Å². The van der Waals surface area contributed by atoms with Gasteiger partial charge in [-0.1, -0.05) is 11.6 Å². The van der Waals surface area contributed by atoms with E-state index in [-0.39, 0.29) is 0 Å². The number of hydrogen-bond donors (Lipinski definition) is 3. The number of aromatic nitrogens is 2. The molecule has 1 aromatic heterocycles. The maximum Gasteiger partial charge on any atom is 0.205 e. The third-order valence-electron chi connectivity index (χ3n) is 2.33. The molecule has 0 unspecified atom stereocenters. The van der Waals surface area contributed by atoms with Crippen molar-refractivity contribution in [3.05, 3.63) is 34.0 Å². The minimum Gasteiger partial charge on any atom is -0.490 e. The monoisotopic (exact) mass is 343 g/mol. The van der Waals surface area contributed by atoms with Gasteiger partial charge in [0.05, 0.1) is 12.8 Å². The highest BCUT2D eigenvalue weighted by molar-refractivity contribution is 9.10. The SMILES string of the molecule is COc1c(NN)ncnc1Nc1cc(Cl)ccc1Br. The molecular formula is C11H11BrClN5O. The Hall–Kier alpha value is -1.57.